The molecule has 3 rings (SSSR count). The van der Waals surface area contributed by atoms with E-state index in [9.17, 15) is 17.4 Å². The first-order valence-electron chi connectivity index (χ1n) is 7.93. The van der Waals surface area contributed by atoms with Crippen molar-refractivity contribution >= 4 is 42.6 Å². The lowest BCUT2D eigenvalue weighted by molar-refractivity contribution is 0.565. The maximum Gasteiger partial charge on any atom is 0.271 e. The molecule has 0 radical (unpaired) electrons. The number of aryl methyl sites for hydroxylation is 2. The fraction of sp³-hybridized carbons (Fsp3) is 0.176. The van der Waals surface area contributed by atoms with E-state index in [4.69, 9.17) is 0 Å². The van der Waals surface area contributed by atoms with Crippen LogP contribution in [0.5, 0.6) is 0 Å². The highest BCUT2D eigenvalue weighted by molar-refractivity contribution is 8.15. The third-order valence-corrected chi connectivity index (χ3v) is 9.60. The topological polar surface area (TPSA) is 98.1 Å². The maximum absolute atomic E-state index is 13.2. The van der Waals surface area contributed by atoms with E-state index >= 15 is 0 Å². The highest BCUT2D eigenvalue weighted by Gasteiger charge is 2.26. The van der Waals surface area contributed by atoms with Gasteiger partial charge >= 0.3 is 0 Å². The molecule has 0 saturated carbocycles. The second-order valence-electron chi connectivity index (χ2n) is 6.00. The number of anilines is 1. The summed E-state index contributed by atoms with van der Waals surface area (Å²) in [7, 11) is -5.70. The van der Waals surface area contributed by atoms with Crippen LogP contribution in [0.25, 0.3) is 0 Å². The minimum atomic E-state index is -3.90. The Hall–Kier alpha value is -2.30. The van der Waals surface area contributed by atoms with Gasteiger partial charge < -0.3 is 0 Å². The van der Waals surface area contributed by atoms with Crippen molar-refractivity contribution in [2.75, 3.05) is 4.72 Å². The van der Waals surface area contributed by atoms with Gasteiger partial charge in [-0.15, -0.1) is 11.3 Å². The molecule has 0 saturated heterocycles. The molecular weight excluding hydrogens is 406 g/mol. The zero-order chi connectivity index (χ0) is 19.8. The molecule has 0 unspecified atom stereocenters. The number of aromatic nitrogens is 2. The lowest BCUT2D eigenvalue weighted by Gasteiger charge is -2.15. The number of rotatable bonds is 6. The summed E-state index contributed by atoms with van der Waals surface area (Å²) in [5, 5.41) is 5.65. The Labute approximate surface area is 162 Å². The van der Waals surface area contributed by atoms with Crippen LogP contribution in [-0.4, -0.2) is 28.0 Å². The number of nitrogens with zero attached hydrogens (tertiary/aromatic N) is 2. The molecule has 1 N–H and O–H groups in total. The van der Waals surface area contributed by atoms with Crippen LogP contribution in [0.3, 0.4) is 0 Å². The van der Waals surface area contributed by atoms with E-state index < -0.39 is 20.0 Å². The Balaban J connectivity index is 1.99. The van der Waals surface area contributed by atoms with E-state index in [-0.39, 0.29) is 9.10 Å². The number of thiophene rings is 1. The van der Waals surface area contributed by atoms with E-state index in [1.54, 1.807) is 55.9 Å². The molecule has 27 heavy (non-hydrogen) atoms. The van der Waals surface area contributed by atoms with Gasteiger partial charge in [0.15, 0.2) is 5.62 Å². The third kappa shape index (κ3) is 3.47. The van der Waals surface area contributed by atoms with Crippen LogP contribution in [0, 0.1) is 13.8 Å². The predicted molar refractivity (Wildman–Crippen MR) is 107 cm³/mol. The van der Waals surface area contributed by atoms with Crippen LogP contribution in [-0.2, 0) is 31.8 Å². The minimum absolute atomic E-state index is 0.0156. The Bertz CT molecular complexity index is 1150. The first kappa shape index (κ1) is 19.5. The molecule has 1 aromatic carbocycles. The highest BCUT2D eigenvalue weighted by Crippen LogP contribution is 2.33. The molecule has 2 heterocycles. The average molecular weight is 426 g/mol. The molecule has 0 spiro atoms. The molecule has 7 nitrogen and oxygen atoms in total. The lowest BCUT2D eigenvalue weighted by Crippen LogP contribution is -2.15. The Kier molecular flexibility index (Phi) is 5.06. The first-order valence-corrected chi connectivity index (χ1v) is 12.1. The fourth-order valence-electron chi connectivity index (χ4n) is 2.65. The van der Waals surface area contributed by atoms with E-state index in [0.717, 1.165) is 11.3 Å². The number of carbonyl (C=O) groups is 1. The van der Waals surface area contributed by atoms with Gasteiger partial charge in [0, 0.05) is 22.2 Å². The highest BCUT2D eigenvalue weighted by atomic mass is 32.2. The fourth-order valence-corrected chi connectivity index (χ4v) is 7.31. The van der Waals surface area contributed by atoms with E-state index in [2.05, 4.69) is 9.82 Å². The van der Waals surface area contributed by atoms with Crippen LogP contribution in [0.4, 0.5) is 5.69 Å². The van der Waals surface area contributed by atoms with Gasteiger partial charge in [0.1, 0.15) is 4.21 Å². The van der Waals surface area contributed by atoms with Gasteiger partial charge in [-0.3, -0.25) is 18.4 Å². The number of nitrogens with one attached hydrogen (secondary N) is 1. The van der Waals surface area contributed by atoms with Crippen molar-refractivity contribution in [1.82, 2.24) is 9.78 Å². The van der Waals surface area contributed by atoms with Crippen LogP contribution >= 0.6 is 11.3 Å². The van der Waals surface area contributed by atoms with Gasteiger partial charge in [-0.1, -0.05) is 18.2 Å². The summed E-state index contributed by atoms with van der Waals surface area (Å²) in [6.45, 7) is 3.47. The van der Waals surface area contributed by atoms with Gasteiger partial charge in [-0.05, 0) is 42.0 Å². The molecule has 144 valence electrons. The van der Waals surface area contributed by atoms with Crippen molar-refractivity contribution in [1.29, 1.82) is 0 Å². The summed E-state index contributed by atoms with van der Waals surface area (Å²) < 4.78 is 42.8. The molecule has 10 heteroatoms. The molecule has 0 aliphatic heterocycles. The Morgan fingerprint density at radius 1 is 1.19 bits per heavy atom. The SMILES string of the molecule is Cc1nn(C)c(C)c1NS(=O)(=O)c1cc([SH](=O)(C=O)c2ccccc2)cs1. The molecular formula is C17H19N3O4S3. The van der Waals surface area contributed by atoms with Crippen LogP contribution < -0.4 is 4.72 Å². The zero-order valence-electron chi connectivity index (χ0n) is 14.9. The van der Waals surface area contributed by atoms with Crippen molar-refractivity contribution in [2.45, 2.75) is 27.8 Å². The molecule has 0 bridgehead atoms. The van der Waals surface area contributed by atoms with Gasteiger partial charge in [0.25, 0.3) is 10.0 Å². The van der Waals surface area contributed by atoms with Crippen LogP contribution in [0.2, 0.25) is 0 Å². The standard InChI is InChI=1S/C17H19N3O4S3/c1-12-17(13(2)20(3)18-12)19-27(23,24)16-9-15(10-25-16)26(22,11-21)14-7-5-4-6-8-14/h4-11,19,26H,1-3H3. The van der Waals surface area contributed by atoms with E-state index in [0.29, 0.717) is 27.6 Å². The van der Waals surface area contributed by atoms with Crippen LogP contribution in [0.15, 0.2) is 55.8 Å². The lowest BCUT2D eigenvalue weighted by atomic mass is 10.3. The van der Waals surface area contributed by atoms with Crippen LogP contribution in [0.1, 0.15) is 11.4 Å². The van der Waals surface area contributed by atoms with Crippen molar-refractivity contribution in [3.63, 3.8) is 0 Å². The summed E-state index contributed by atoms with van der Waals surface area (Å²) >= 11 is 0.922. The molecule has 0 fully saturated rings. The molecule has 0 amide bonds. The second-order valence-corrected chi connectivity index (χ2v) is 11.4. The largest absolute Gasteiger partial charge is 0.290 e. The van der Waals surface area contributed by atoms with Crippen molar-refractivity contribution in [3.05, 3.63) is 53.2 Å². The van der Waals surface area contributed by atoms with E-state index in [1.807, 2.05) is 0 Å². The summed E-state index contributed by atoms with van der Waals surface area (Å²) in [4.78, 5) is 12.2. The van der Waals surface area contributed by atoms with Crippen molar-refractivity contribution in [2.24, 2.45) is 7.05 Å². The van der Waals surface area contributed by atoms with Gasteiger partial charge in [-0.25, -0.2) is 8.42 Å². The predicted octanol–water partition coefficient (Wildman–Crippen LogP) is 2.52. The summed E-state index contributed by atoms with van der Waals surface area (Å²) in [5.74, 6) is 0. The van der Waals surface area contributed by atoms with Gasteiger partial charge in [0.05, 0.1) is 17.1 Å². The number of benzene rings is 1. The maximum atomic E-state index is 13.2. The molecule has 0 atom stereocenters. The molecule has 3 aromatic rings. The average Bonchev–Trinajstić information content (AvgIpc) is 3.24. The number of carbonyl (C=O) groups excluding carboxylic acids is 1. The smallest absolute Gasteiger partial charge is 0.271 e. The van der Waals surface area contributed by atoms with Gasteiger partial charge in [0.2, 0.25) is 0 Å². The van der Waals surface area contributed by atoms with Gasteiger partial charge in [-0.2, -0.15) is 5.10 Å². The molecule has 2 aromatic heterocycles. The summed E-state index contributed by atoms with van der Waals surface area (Å²) in [5.41, 5.74) is 2.05. The number of hydrogen-bond acceptors (Lipinski definition) is 6. The normalized spacial score (nSPS) is 12.7. The summed E-state index contributed by atoms with van der Waals surface area (Å²) in [6.07, 6.45) is 0. The monoisotopic (exact) mass is 425 g/mol. The molecule has 0 aliphatic rings. The summed E-state index contributed by atoms with van der Waals surface area (Å²) in [6, 6.07) is 9.63. The Morgan fingerprint density at radius 2 is 1.85 bits per heavy atom. The number of thiol groups is 1. The zero-order valence-corrected chi connectivity index (χ0v) is 17.4. The number of sulfonamides is 1. The second kappa shape index (κ2) is 7.02. The third-order valence-electron chi connectivity index (χ3n) is 4.24. The van der Waals surface area contributed by atoms with E-state index in [1.165, 1.54) is 11.4 Å². The Morgan fingerprint density at radius 3 is 2.41 bits per heavy atom. The first-order chi connectivity index (χ1) is 12.7. The van der Waals surface area contributed by atoms with Crippen molar-refractivity contribution < 1.29 is 17.4 Å². The quantitative estimate of drug-likeness (QED) is 0.467. The minimum Gasteiger partial charge on any atom is -0.290 e. The van der Waals surface area contributed by atoms with Crippen molar-refractivity contribution in [3.8, 4) is 0 Å². The molecule has 0 aliphatic carbocycles. The number of hydrogen-bond donors (Lipinski definition) is 2.